The van der Waals surface area contributed by atoms with Crippen molar-refractivity contribution in [1.29, 1.82) is 0 Å². The van der Waals surface area contributed by atoms with Crippen LogP contribution in [0.2, 0.25) is 0 Å². The van der Waals surface area contributed by atoms with Gasteiger partial charge in [0.1, 0.15) is 5.84 Å². The lowest BCUT2D eigenvalue weighted by Gasteiger charge is -2.31. The Morgan fingerprint density at radius 3 is 3.12 bits per heavy atom. The highest BCUT2D eigenvalue weighted by Gasteiger charge is 2.27. The number of carbonyl (C=O) groups excluding carboxylic acids is 1. The van der Waals surface area contributed by atoms with Crippen molar-refractivity contribution < 1.29 is 10.0 Å². The van der Waals surface area contributed by atoms with Crippen LogP contribution in [0.25, 0.3) is 0 Å². The van der Waals surface area contributed by atoms with Gasteiger partial charge < -0.3 is 15.8 Å². The third-order valence-corrected chi connectivity index (χ3v) is 3.83. The molecule has 0 aliphatic carbocycles. The van der Waals surface area contributed by atoms with Crippen LogP contribution in [0.1, 0.15) is 22.5 Å². The number of nitrogens with two attached hydrogens (primary N) is 1. The Morgan fingerprint density at radius 1 is 1.65 bits per heavy atom. The average molecular weight is 253 g/mol. The van der Waals surface area contributed by atoms with Gasteiger partial charge in [-0.25, -0.2) is 0 Å². The minimum atomic E-state index is -0.0299. The normalized spacial score (nSPS) is 21.5. The summed E-state index contributed by atoms with van der Waals surface area (Å²) in [5, 5.41) is 13.6. The van der Waals surface area contributed by atoms with Crippen LogP contribution in [0.4, 0.5) is 0 Å². The monoisotopic (exact) mass is 253 g/mol. The van der Waals surface area contributed by atoms with Crippen LogP contribution in [0.5, 0.6) is 0 Å². The van der Waals surface area contributed by atoms with Gasteiger partial charge in [-0.15, -0.1) is 11.3 Å². The SMILES string of the molecule is NC(=NO)C1CCCN(C(=O)c2cccs2)C1. The molecule has 1 saturated heterocycles. The smallest absolute Gasteiger partial charge is 0.263 e. The molecule has 1 aromatic rings. The second kappa shape index (κ2) is 5.18. The summed E-state index contributed by atoms with van der Waals surface area (Å²) in [6, 6.07) is 3.68. The number of oxime groups is 1. The first-order valence-corrected chi connectivity index (χ1v) is 6.40. The van der Waals surface area contributed by atoms with Crippen molar-refractivity contribution in [3.05, 3.63) is 22.4 Å². The summed E-state index contributed by atoms with van der Waals surface area (Å²) < 4.78 is 0. The summed E-state index contributed by atoms with van der Waals surface area (Å²) in [4.78, 5) is 14.6. The molecular formula is C11H15N3O2S. The summed E-state index contributed by atoms with van der Waals surface area (Å²) >= 11 is 1.44. The first-order valence-electron chi connectivity index (χ1n) is 5.52. The molecule has 1 amide bonds. The molecule has 92 valence electrons. The highest BCUT2D eigenvalue weighted by molar-refractivity contribution is 7.12. The fraction of sp³-hybridized carbons (Fsp3) is 0.455. The molecule has 6 heteroatoms. The zero-order valence-corrected chi connectivity index (χ0v) is 10.2. The maximum atomic E-state index is 12.1. The predicted molar refractivity (Wildman–Crippen MR) is 66.4 cm³/mol. The van der Waals surface area contributed by atoms with Gasteiger partial charge in [-0.2, -0.15) is 0 Å². The van der Waals surface area contributed by atoms with Gasteiger partial charge in [0.05, 0.1) is 4.88 Å². The van der Waals surface area contributed by atoms with Gasteiger partial charge in [-0.1, -0.05) is 11.2 Å². The van der Waals surface area contributed by atoms with Crippen molar-refractivity contribution in [2.75, 3.05) is 13.1 Å². The number of likely N-dealkylation sites (tertiary alicyclic amines) is 1. The van der Waals surface area contributed by atoms with Gasteiger partial charge in [-0.3, -0.25) is 4.79 Å². The molecular weight excluding hydrogens is 238 g/mol. The maximum absolute atomic E-state index is 12.1. The van der Waals surface area contributed by atoms with E-state index >= 15 is 0 Å². The first kappa shape index (κ1) is 11.9. The van der Waals surface area contributed by atoms with E-state index in [1.807, 2.05) is 17.5 Å². The number of piperidine rings is 1. The zero-order chi connectivity index (χ0) is 12.3. The fourth-order valence-corrected chi connectivity index (χ4v) is 2.73. The molecule has 1 fully saturated rings. The van der Waals surface area contributed by atoms with Crippen molar-refractivity contribution in [1.82, 2.24) is 4.90 Å². The van der Waals surface area contributed by atoms with E-state index in [2.05, 4.69) is 5.16 Å². The minimum Gasteiger partial charge on any atom is -0.409 e. The van der Waals surface area contributed by atoms with Crippen molar-refractivity contribution in [2.24, 2.45) is 16.8 Å². The van der Waals surface area contributed by atoms with Crippen molar-refractivity contribution in [3.63, 3.8) is 0 Å². The second-order valence-corrected chi connectivity index (χ2v) is 5.04. The van der Waals surface area contributed by atoms with Crippen LogP contribution in [0.15, 0.2) is 22.7 Å². The Bertz CT molecular complexity index is 416. The summed E-state index contributed by atoms with van der Waals surface area (Å²) in [6.07, 6.45) is 1.75. The first-order chi connectivity index (χ1) is 8.22. The van der Waals surface area contributed by atoms with Gasteiger partial charge in [0, 0.05) is 19.0 Å². The molecule has 3 N–H and O–H groups in total. The number of thiophene rings is 1. The average Bonchev–Trinajstić information content (AvgIpc) is 2.91. The van der Waals surface area contributed by atoms with Gasteiger partial charge >= 0.3 is 0 Å². The van der Waals surface area contributed by atoms with Gasteiger partial charge in [0.2, 0.25) is 0 Å². The minimum absolute atomic E-state index is 0.0299. The largest absolute Gasteiger partial charge is 0.409 e. The van der Waals surface area contributed by atoms with E-state index in [1.54, 1.807) is 4.90 Å². The Hall–Kier alpha value is -1.56. The highest BCUT2D eigenvalue weighted by atomic mass is 32.1. The second-order valence-electron chi connectivity index (χ2n) is 4.09. The van der Waals surface area contributed by atoms with Crippen molar-refractivity contribution in [2.45, 2.75) is 12.8 Å². The van der Waals surface area contributed by atoms with E-state index in [0.29, 0.717) is 6.54 Å². The van der Waals surface area contributed by atoms with Gasteiger partial charge in [0.15, 0.2) is 0 Å². The standard InChI is InChI=1S/C11H15N3O2S/c12-10(13-16)8-3-1-5-14(7-8)11(15)9-4-2-6-17-9/h2,4,6,8,16H,1,3,5,7H2,(H2,12,13). The van der Waals surface area contributed by atoms with E-state index < -0.39 is 0 Å². The number of carbonyl (C=O) groups is 1. The molecule has 1 unspecified atom stereocenters. The molecule has 5 nitrogen and oxygen atoms in total. The topological polar surface area (TPSA) is 78.9 Å². The number of nitrogens with zero attached hydrogens (tertiary/aromatic N) is 2. The van der Waals surface area contributed by atoms with E-state index in [0.717, 1.165) is 24.3 Å². The van der Waals surface area contributed by atoms with E-state index in [4.69, 9.17) is 10.9 Å². The summed E-state index contributed by atoms with van der Waals surface area (Å²) in [7, 11) is 0. The molecule has 0 aromatic carbocycles. The lowest BCUT2D eigenvalue weighted by Crippen LogP contribution is -2.44. The van der Waals surface area contributed by atoms with Crippen LogP contribution in [0, 0.1) is 5.92 Å². The number of rotatable bonds is 2. The quantitative estimate of drug-likeness (QED) is 0.361. The van der Waals surface area contributed by atoms with E-state index in [1.165, 1.54) is 11.3 Å². The lowest BCUT2D eigenvalue weighted by atomic mass is 9.97. The predicted octanol–water partition coefficient (Wildman–Crippen LogP) is 1.35. The molecule has 2 heterocycles. The Labute approximate surface area is 104 Å². The zero-order valence-electron chi connectivity index (χ0n) is 9.37. The van der Waals surface area contributed by atoms with Crippen LogP contribution in [-0.2, 0) is 0 Å². The van der Waals surface area contributed by atoms with Gasteiger partial charge in [0.25, 0.3) is 5.91 Å². The van der Waals surface area contributed by atoms with Crippen LogP contribution < -0.4 is 5.73 Å². The summed E-state index contributed by atoms with van der Waals surface area (Å²) in [5.41, 5.74) is 5.59. The van der Waals surface area contributed by atoms with Crippen molar-refractivity contribution >= 4 is 23.1 Å². The molecule has 17 heavy (non-hydrogen) atoms. The van der Waals surface area contributed by atoms with Crippen molar-refractivity contribution in [3.8, 4) is 0 Å². The van der Waals surface area contributed by atoms with Crippen LogP contribution in [0.3, 0.4) is 0 Å². The maximum Gasteiger partial charge on any atom is 0.263 e. The van der Waals surface area contributed by atoms with Crippen LogP contribution >= 0.6 is 11.3 Å². The number of amides is 1. The highest BCUT2D eigenvalue weighted by Crippen LogP contribution is 2.20. The number of hydrogen-bond donors (Lipinski definition) is 2. The lowest BCUT2D eigenvalue weighted by molar-refractivity contribution is 0.0706. The fourth-order valence-electron chi connectivity index (χ4n) is 2.04. The summed E-state index contributed by atoms with van der Waals surface area (Å²) in [6.45, 7) is 1.28. The third-order valence-electron chi connectivity index (χ3n) is 2.97. The Kier molecular flexibility index (Phi) is 3.63. The molecule has 1 aliphatic heterocycles. The summed E-state index contributed by atoms with van der Waals surface area (Å²) in [5.74, 6) is 0.224. The van der Waals surface area contributed by atoms with Crippen LogP contribution in [-0.4, -0.2) is 34.9 Å². The molecule has 0 radical (unpaired) electrons. The van der Waals surface area contributed by atoms with Gasteiger partial charge in [-0.05, 0) is 24.3 Å². The number of amidine groups is 1. The van der Waals surface area contributed by atoms with E-state index in [-0.39, 0.29) is 17.7 Å². The molecule has 0 saturated carbocycles. The third kappa shape index (κ3) is 2.58. The Balaban J connectivity index is 2.05. The molecule has 1 aliphatic rings. The Morgan fingerprint density at radius 2 is 2.47 bits per heavy atom. The molecule has 1 atom stereocenters. The molecule has 0 spiro atoms. The van der Waals surface area contributed by atoms with E-state index in [9.17, 15) is 4.79 Å². The molecule has 0 bridgehead atoms. The molecule has 1 aromatic heterocycles. The molecule has 2 rings (SSSR count). The number of hydrogen-bond acceptors (Lipinski definition) is 4.